The molecule has 0 radical (unpaired) electrons. The molecule has 0 aromatic rings. The average molecular weight is 284 g/mol. The van der Waals surface area contributed by atoms with Crippen LogP contribution in [-0.2, 0) is 14.3 Å². The fourth-order valence-electron chi connectivity index (χ4n) is 2.03. The third-order valence-corrected chi connectivity index (χ3v) is 2.95. The number of fused-ring (bicyclic) bond motifs is 1. The molecule has 0 spiro atoms. The Morgan fingerprint density at radius 1 is 1.20 bits per heavy atom. The minimum absolute atomic E-state index is 0.385. The van der Waals surface area contributed by atoms with Crippen LogP contribution in [0.2, 0.25) is 0 Å². The van der Waals surface area contributed by atoms with E-state index in [2.05, 4.69) is 4.99 Å². The van der Waals surface area contributed by atoms with E-state index >= 15 is 0 Å². The molecule has 0 aromatic carbocycles. The molecule has 1 aliphatic heterocycles. The summed E-state index contributed by atoms with van der Waals surface area (Å²) in [5.74, 6) is -2.51. The van der Waals surface area contributed by atoms with Gasteiger partial charge in [0.1, 0.15) is 6.10 Å². The predicted molar refractivity (Wildman–Crippen MR) is 72.7 cm³/mol. The minimum Gasteiger partial charge on any atom is -0.478 e. The molecule has 112 valence electrons. The Bertz CT molecular complexity index is 401. The van der Waals surface area contributed by atoms with Gasteiger partial charge in [0.2, 0.25) is 0 Å². The van der Waals surface area contributed by atoms with Crippen molar-refractivity contribution in [2.75, 3.05) is 14.1 Å². The summed E-state index contributed by atoms with van der Waals surface area (Å²) in [6.45, 7) is 0. The highest BCUT2D eigenvalue weighted by molar-refractivity contribution is 5.89. The lowest BCUT2D eigenvalue weighted by Crippen LogP contribution is -2.28. The van der Waals surface area contributed by atoms with Crippen molar-refractivity contribution in [1.82, 2.24) is 4.90 Å². The molecule has 1 fully saturated rings. The molecular formula is C13H20N2O5. The van der Waals surface area contributed by atoms with Gasteiger partial charge in [0.25, 0.3) is 6.02 Å². The van der Waals surface area contributed by atoms with Gasteiger partial charge in [-0.05, 0) is 19.3 Å². The summed E-state index contributed by atoms with van der Waals surface area (Å²) < 4.78 is 5.70. The maximum absolute atomic E-state index is 9.55. The monoisotopic (exact) mass is 284 g/mol. The second-order valence-corrected chi connectivity index (χ2v) is 4.82. The number of rotatable bonds is 2. The van der Waals surface area contributed by atoms with Crippen molar-refractivity contribution in [3.63, 3.8) is 0 Å². The van der Waals surface area contributed by atoms with Crippen LogP contribution in [-0.4, -0.2) is 59.3 Å². The van der Waals surface area contributed by atoms with E-state index in [9.17, 15) is 9.59 Å². The summed E-state index contributed by atoms with van der Waals surface area (Å²) in [4.78, 5) is 25.6. The number of carbonyl (C=O) groups is 2. The molecule has 0 aromatic heterocycles. The van der Waals surface area contributed by atoms with Gasteiger partial charge in [-0.1, -0.05) is 6.42 Å². The van der Waals surface area contributed by atoms with Gasteiger partial charge in [-0.3, -0.25) is 0 Å². The van der Waals surface area contributed by atoms with Crippen molar-refractivity contribution in [3.05, 3.63) is 12.2 Å². The maximum Gasteiger partial charge on any atom is 0.328 e. The highest BCUT2D eigenvalue weighted by Crippen LogP contribution is 2.28. The van der Waals surface area contributed by atoms with Crippen LogP contribution in [0.1, 0.15) is 25.7 Å². The van der Waals surface area contributed by atoms with Crippen LogP contribution in [0, 0.1) is 0 Å². The van der Waals surface area contributed by atoms with Crippen molar-refractivity contribution in [2.24, 2.45) is 4.99 Å². The number of hydrogen-bond donors (Lipinski definition) is 2. The number of carboxylic acids is 2. The molecular weight excluding hydrogens is 264 g/mol. The van der Waals surface area contributed by atoms with Crippen molar-refractivity contribution in [3.8, 4) is 0 Å². The fraction of sp³-hybridized carbons (Fsp3) is 0.615. The van der Waals surface area contributed by atoms with E-state index in [-0.39, 0.29) is 0 Å². The van der Waals surface area contributed by atoms with Crippen molar-refractivity contribution >= 4 is 18.0 Å². The van der Waals surface area contributed by atoms with E-state index in [0.717, 1.165) is 6.02 Å². The lowest BCUT2D eigenvalue weighted by molar-refractivity contribution is -0.134. The van der Waals surface area contributed by atoms with Gasteiger partial charge in [0.05, 0.1) is 6.04 Å². The van der Waals surface area contributed by atoms with Crippen LogP contribution in [0.25, 0.3) is 0 Å². The summed E-state index contributed by atoms with van der Waals surface area (Å²) in [5, 5.41) is 15.6. The molecule has 0 bridgehead atoms. The van der Waals surface area contributed by atoms with E-state index in [0.29, 0.717) is 24.3 Å². The van der Waals surface area contributed by atoms with Gasteiger partial charge in [0, 0.05) is 26.2 Å². The summed E-state index contributed by atoms with van der Waals surface area (Å²) in [6.07, 6.45) is 6.51. The average Bonchev–Trinajstić information content (AvgIpc) is 2.81. The summed E-state index contributed by atoms with van der Waals surface area (Å²) in [7, 11) is 3.96. The Hall–Kier alpha value is -2.05. The molecule has 0 amide bonds. The topological polar surface area (TPSA) is 99.4 Å². The Morgan fingerprint density at radius 2 is 1.75 bits per heavy atom. The zero-order chi connectivity index (χ0) is 15.1. The molecule has 1 saturated carbocycles. The highest BCUT2D eigenvalue weighted by Gasteiger charge is 2.33. The molecule has 2 N–H and O–H groups in total. The summed E-state index contributed by atoms with van der Waals surface area (Å²) >= 11 is 0. The van der Waals surface area contributed by atoms with Gasteiger partial charge in [-0.25, -0.2) is 14.6 Å². The van der Waals surface area contributed by atoms with Crippen LogP contribution in [0.3, 0.4) is 0 Å². The summed E-state index contributed by atoms with van der Waals surface area (Å²) in [6, 6.07) is 1.28. The highest BCUT2D eigenvalue weighted by atomic mass is 16.5. The molecule has 20 heavy (non-hydrogen) atoms. The number of aliphatic imine (C=N–C) groups is 1. The first kappa shape index (κ1) is 16.0. The number of carboxylic acid groups (broad SMARTS) is 2. The number of nitrogens with zero attached hydrogens (tertiary/aromatic N) is 2. The lowest BCUT2D eigenvalue weighted by atomic mass is 9.94. The smallest absolute Gasteiger partial charge is 0.328 e. The van der Waals surface area contributed by atoms with E-state index in [1.807, 2.05) is 19.0 Å². The molecule has 2 aliphatic rings. The molecule has 7 nitrogen and oxygen atoms in total. The normalized spacial score (nSPS) is 24.0. The van der Waals surface area contributed by atoms with Crippen LogP contribution in [0.4, 0.5) is 0 Å². The van der Waals surface area contributed by atoms with Crippen LogP contribution in [0.5, 0.6) is 0 Å². The van der Waals surface area contributed by atoms with Gasteiger partial charge in [0.15, 0.2) is 0 Å². The molecule has 1 aliphatic carbocycles. The molecule has 2 rings (SSSR count). The van der Waals surface area contributed by atoms with E-state index < -0.39 is 11.9 Å². The van der Waals surface area contributed by atoms with Crippen LogP contribution in [0.15, 0.2) is 17.1 Å². The SMILES string of the molecule is CN(C)C1=NC2CCCCC2O1.O=C(O)/C=C\C(=O)O. The number of amidine groups is 1. The first-order valence-electron chi connectivity index (χ1n) is 6.46. The Kier molecular flexibility index (Phi) is 6.02. The Balaban J connectivity index is 0.000000221. The van der Waals surface area contributed by atoms with Crippen molar-refractivity contribution in [1.29, 1.82) is 0 Å². The van der Waals surface area contributed by atoms with Gasteiger partial charge >= 0.3 is 11.9 Å². The fourth-order valence-corrected chi connectivity index (χ4v) is 2.03. The lowest BCUT2D eigenvalue weighted by Gasteiger charge is -2.22. The first-order chi connectivity index (χ1) is 9.40. The largest absolute Gasteiger partial charge is 0.478 e. The van der Waals surface area contributed by atoms with E-state index in [4.69, 9.17) is 14.9 Å². The van der Waals surface area contributed by atoms with Crippen LogP contribution < -0.4 is 0 Å². The van der Waals surface area contributed by atoms with E-state index in [1.165, 1.54) is 25.7 Å². The quantitative estimate of drug-likeness (QED) is 0.733. The van der Waals surface area contributed by atoms with Crippen molar-refractivity contribution in [2.45, 2.75) is 37.8 Å². The van der Waals surface area contributed by atoms with Gasteiger partial charge < -0.3 is 19.8 Å². The zero-order valence-electron chi connectivity index (χ0n) is 11.7. The third kappa shape index (κ3) is 5.29. The van der Waals surface area contributed by atoms with Crippen LogP contribution >= 0.6 is 0 Å². The third-order valence-electron chi connectivity index (χ3n) is 2.95. The standard InChI is InChI=1S/C9H16N2O.C4H4O4/c1-11(2)9-10-7-5-3-4-6-8(7)12-9;5-3(6)1-2-4(7)8/h7-8H,3-6H2,1-2H3;1-2H,(H,5,6)(H,7,8)/b;2-1-. The number of ether oxygens (including phenoxy) is 1. The van der Waals surface area contributed by atoms with Gasteiger partial charge in [-0.15, -0.1) is 0 Å². The minimum atomic E-state index is -1.26. The summed E-state index contributed by atoms with van der Waals surface area (Å²) in [5.41, 5.74) is 0. The zero-order valence-corrected chi connectivity index (χ0v) is 11.7. The van der Waals surface area contributed by atoms with Crippen molar-refractivity contribution < 1.29 is 24.5 Å². The Labute approximate surface area is 117 Å². The van der Waals surface area contributed by atoms with Gasteiger partial charge in [-0.2, -0.15) is 0 Å². The molecule has 1 heterocycles. The molecule has 2 atom stereocenters. The second-order valence-electron chi connectivity index (χ2n) is 4.82. The second kappa shape index (κ2) is 7.52. The predicted octanol–water partition coefficient (Wildman–Crippen LogP) is 0.957. The number of hydrogen-bond acceptors (Lipinski definition) is 5. The molecule has 2 unspecified atom stereocenters. The van der Waals surface area contributed by atoms with E-state index in [1.54, 1.807) is 0 Å². The molecule has 7 heteroatoms. The Morgan fingerprint density at radius 3 is 2.20 bits per heavy atom. The first-order valence-corrected chi connectivity index (χ1v) is 6.46. The molecule has 0 saturated heterocycles. The number of aliphatic carboxylic acids is 2. The maximum atomic E-state index is 9.55.